The number of sulfonamides is 1. The van der Waals surface area contributed by atoms with Crippen LogP contribution in [-0.2, 0) is 23.0 Å². The largest absolute Gasteiger partial charge is 0.486 e. The summed E-state index contributed by atoms with van der Waals surface area (Å²) in [7, 11) is -4.05. The van der Waals surface area contributed by atoms with Crippen molar-refractivity contribution in [3.8, 4) is 5.75 Å². The number of alkyl halides is 3. The summed E-state index contributed by atoms with van der Waals surface area (Å²) < 4.78 is 70.8. The maximum atomic E-state index is 12.6. The Kier molecular flexibility index (Phi) is 3.98. The molecular formula is C15H16F3N3O3S. The van der Waals surface area contributed by atoms with Gasteiger partial charge in [0.2, 0.25) is 0 Å². The van der Waals surface area contributed by atoms with E-state index in [-0.39, 0.29) is 16.5 Å². The molecule has 0 atom stereocenters. The fraction of sp³-hybridized carbons (Fsp3) is 0.400. The number of benzene rings is 1. The molecule has 3 rings (SSSR count). The lowest BCUT2D eigenvalue weighted by atomic mass is 10.0. The molecule has 0 amide bonds. The first-order chi connectivity index (χ1) is 11.5. The van der Waals surface area contributed by atoms with Crippen molar-refractivity contribution in [2.45, 2.75) is 43.5 Å². The Hall–Kier alpha value is -2.23. The van der Waals surface area contributed by atoms with Crippen molar-refractivity contribution in [1.29, 1.82) is 0 Å². The quantitative estimate of drug-likeness (QED) is 0.892. The number of hydrogen-bond donors (Lipinski definition) is 1. The average molecular weight is 375 g/mol. The lowest BCUT2D eigenvalue weighted by Gasteiger charge is -2.18. The van der Waals surface area contributed by atoms with Gasteiger partial charge in [-0.3, -0.25) is 9.40 Å². The SMILES string of the molecule is CC1(C)Cc2cccc(S(=O)(=O)Nc3ccn(CC(F)(F)F)n3)c2O1. The molecule has 0 aliphatic carbocycles. The molecule has 6 nitrogen and oxygen atoms in total. The van der Waals surface area contributed by atoms with Gasteiger partial charge in [-0.05, 0) is 25.5 Å². The highest BCUT2D eigenvalue weighted by Gasteiger charge is 2.35. The Morgan fingerprint density at radius 3 is 2.72 bits per heavy atom. The summed E-state index contributed by atoms with van der Waals surface area (Å²) in [4.78, 5) is -0.0686. The van der Waals surface area contributed by atoms with Crippen molar-refractivity contribution in [2.75, 3.05) is 4.72 Å². The first-order valence-electron chi connectivity index (χ1n) is 7.39. The van der Waals surface area contributed by atoms with Gasteiger partial charge in [-0.15, -0.1) is 0 Å². The number of ether oxygens (including phenoxy) is 1. The van der Waals surface area contributed by atoms with Crippen molar-refractivity contribution in [1.82, 2.24) is 9.78 Å². The van der Waals surface area contributed by atoms with Crippen LogP contribution in [0.1, 0.15) is 19.4 Å². The molecule has 1 aliphatic heterocycles. The highest BCUT2D eigenvalue weighted by Crippen LogP contribution is 2.39. The van der Waals surface area contributed by atoms with Gasteiger partial charge in [-0.25, -0.2) is 8.42 Å². The highest BCUT2D eigenvalue weighted by molar-refractivity contribution is 7.92. The van der Waals surface area contributed by atoms with E-state index in [1.54, 1.807) is 12.1 Å². The molecule has 0 radical (unpaired) electrons. The van der Waals surface area contributed by atoms with Crippen LogP contribution < -0.4 is 9.46 Å². The number of rotatable bonds is 4. The van der Waals surface area contributed by atoms with E-state index in [0.29, 0.717) is 11.1 Å². The fourth-order valence-corrected chi connectivity index (χ4v) is 3.85. The minimum atomic E-state index is -4.44. The molecule has 0 bridgehead atoms. The summed E-state index contributed by atoms with van der Waals surface area (Å²) in [5.74, 6) is 0.0637. The van der Waals surface area contributed by atoms with Crippen LogP contribution in [0.2, 0.25) is 0 Å². The third-order valence-electron chi connectivity index (χ3n) is 3.57. The molecular weight excluding hydrogens is 359 g/mol. The maximum Gasteiger partial charge on any atom is 0.408 e. The van der Waals surface area contributed by atoms with Crippen LogP contribution in [0.3, 0.4) is 0 Å². The number of nitrogens with zero attached hydrogens (tertiary/aromatic N) is 2. The predicted octanol–water partition coefficient (Wildman–Crippen LogP) is 2.96. The van der Waals surface area contributed by atoms with Gasteiger partial charge in [-0.2, -0.15) is 18.3 Å². The van der Waals surface area contributed by atoms with E-state index in [1.807, 2.05) is 13.8 Å². The van der Waals surface area contributed by atoms with Gasteiger partial charge in [0.05, 0.1) is 0 Å². The van der Waals surface area contributed by atoms with Crippen LogP contribution >= 0.6 is 0 Å². The minimum absolute atomic E-state index is 0.0686. The zero-order valence-corrected chi connectivity index (χ0v) is 14.3. The fourth-order valence-electron chi connectivity index (χ4n) is 2.68. The predicted molar refractivity (Wildman–Crippen MR) is 83.9 cm³/mol. The summed E-state index contributed by atoms with van der Waals surface area (Å²) >= 11 is 0. The Morgan fingerprint density at radius 1 is 1.32 bits per heavy atom. The molecule has 0 saturated carbocycles. The van der Waals surface area contributed by atoms with Gasteiger partial charge in [0.15, 0.2) is 5.82 Å². The smallest absolute Gasteiger partial charge is 0.408 e. The van der Waals surface area contributed by atoms with Crippen molar-refractivity contribution in [3.63, 3.8) is 0 Å². The molecule has 1 aliphatic rings. The first-order valence-corrected chi connectivity index (χ1v) is 8.87. The molecule has 2 aromatic rings. The van der Waals surface area contributed by atoms with E-state index in [1.165, 1.54) is 6.07 Å². The normalized spacial score (nSPS) is 16.4. The second-order valence-corrected chi connectivity index (χ2v) is 8.05. The molecule has 10 heteroatoms. The lowest BCUT2D eigenvalue weighted by Crippen LogP contribution is -2.25. The average Bonchev–Trinajstić information content (AvgIpc) is 2.97. The molecule has 136 valence electrons. The number of anilines is 1. The van der Waals surface area contributed by atoms with Crippen LogP contribution in [0, 0.1) is 0 Å². The number of nitrogens with one attached hydrogen (secondary N) is 1. The van der Waals surface area contributed by atoms with Crippen LogP contribution in [-0.4, -0.2) is 30.0 Å². The lowest BCUT2D eigenvalue weighted by molar-refractivity contribution is -0.142. The van der Waals surface area contributed by atoms with Gasteiger partial charge >= 0.3 is 6.18 Å². The molecule has 0 fully saturated rings. The summed E-state index contributed by atoms with van der Waals surface area (Å²) in [6, 6.07) is 5.92. The third-order valence-corrected chi connectivity index (χ3v) is 4.94. The molecule has 1 aromatic heterocycles. The summed E-state index contributed by atoms with van der Waals surface area (Å²) in [6.45, 7) is 2.39. The van der Waals surface area contributed by atoms with E-state index in [9.17, 15) is 21.6 Å². The zero-order valence-electron chi connectivity index (χ0n) is 13.5. The van der Waals surface area contributed by atoms with Crippen molar-refractivity contribution in [2.24, 2.45) is 0 Å². The van der Waals surface area contributed by atoms with Gasteiger partial charge in [-0.1, -0.05) is 12.1 Å². The van der Waals surface area contributed by atoms with Gasteiger partial charge in [0.1, 0.15) is 22.8 Å². The molecule has 0 spiro atoms. The Bertz CT molecular complexity index is 904. The van der Waals surface area contributed by atoms with Crippen LogP contribution in [0.15, 0.2) is 35.4 Å². The molecule has 0 saturated heterocycles. The molecule has 2 heterocycles. The second kappa shape index (κ2) is 5.65. The Morgan fingerprint density at radius 2 is 2.04 bits per heavy atom. The van der Waals surface area contributed by atoms with Gasteiger partial charge < -0.3 is 4.74 Å². The first kappa shape index (κ1) is 17.6. The number of halogens is 3. The standard InChI is InChI=1S/C15H16F3N3O3S/c1-14(2)8-10-4-3-5-11(13(10)24-14)25(22,23)20-12-6-7-21(19-12)9-15(16,17)18/h3-7H,8-9H2,1-2H3,(H,19,20). The summed E-state index contributed by atoms with van der Waals surface area (Å²) in [5, 5.41) is 3.59. The highest BCUT2D eigenvalue weighted by atomic mass is 32.2. The molecule has 25 heavy (non-hydrogen) atoms. The van der Waals surface area contributed by atoms with E-state index in [0.717, 1.165) is 17.8 Å². The van der Waals surface area contributed by atoms with Gasteiger partial charge in [0.25, 0.3) is 10.0 Å². The summed E-state index contributed by atoms with van der Waals surface area (Å²) in [6.07, 6.45) is -2.83. The van der Waals surface area contributed by atoms with Crippen LogP contribution in [0.25, 0.3) is 0 Å². The number of para-hydroxylation sites is 1. The minimum Gasteiger partial charge on any atom is -0.486 e. The number of fused-ring (bicyclic) bond motifs is 1. The molecule has 1 aromatic carbocycles. The van der Waals surface area contributed by atoms with E-state index in [4.69, 9.17) is 4.74 Å². The monoisotopic (exact) mass is 375 g/mol. The van der Waals surface area contributed by atoms with Crippen molar-refractivity contribution >= 4 is 15.8 Å². The molecule has 1 N–H and O–H groups in total. The zero-order chi connectivity index (χ0) is 18.5. The van der Waals surface area contributed by atoms with Crippen LogP contribution in [0.4, 0.5) is 19.0 Å². The van der Waals surface area contributed by atoms with E-state index < -0.39 is 28.3 Å². The van der Waals surface area contributed by atoms with Crippen molar-refractivity contribution < 1.29 is 26.3 Å². The van der Waals surface area contributed by atoms with E-state index in [2.05, 4.69) is 9.82 Å². The second-order valence-electron chi connectivity index (χ2n) is 6.40. The van der Waals surface area contributed by atoms with Crippen molar-refractivity contribution in [3.05, 3.63) is 36.0 Å². The number of hydrogen-bond acceptors (Lipinski definition) is 4. The Balaban J connectivity index is 1.86. The topological polar surface area (TPSA) is 73.2 Å². The maximum absolute atomic E-state index is 12.6. The third kappa shape index (κ3) is 3.89. The summed E-state index contributed by atoms with van der Waals surface area (Å²) in [5.41, 5.74) is 0.234. The van der Waals surface area contributed by atoms with E-state index >= 15 is 0 Å². The van der Waals surface area contributed by atoms with Crippen LogP contribution in [0.5, 0.6) is 5.75 Å². The number of aromatic nitrogens is 2. The van der Waals surface area contributed by atoms with Gasteiger partial charge in [0, 0.05) is 18.7 Å². The Labute approximate surface area is 142 Å². The molecule has 0 unspecified atom stereocenters.